The van der Waals surface area contributed by atoms with Crippen LogP contribution >= 0.6 is 0 Å². The maximum atomic E-state index is 12.7. The van der Waals surface area contributed by atoms with Gasteiger partial charge in [0.15, 0.2) is 0 Å². The minimum Gasteiger partial charge on any atom is -0.395 e. The summed E-state index contributed by atoms with van der Waals surface area (Å²) in [5.74, 6) is 0.0523. The van der Waals surface area contributed by atoms with Crippen molar-refractivity contribution >= 4 is 11.8 Å². The molecule has 0 aromatic carbocycles. The van der Waals surface area contributed by atoms with E-state index in [1.165, 1.54) is 0 Å². The molecule has 0 unspecified atom stereocenters. The van der Waals surface area contributed by atoms with Crippen molar-refractivity contribution in [2.75, 3.05) is 45.3 Å². The molecule has 0 saturated carbocycles. The van der Waals surface area contributed by atoms with E-state index in [4.69, 9.17) is 14.0 Å². The Morgan fingerprint density at radius 3 is 2.72 bits per heavy atom. The first-order chi connectivity index (χ1) is 11.7. The molecule has 1 fully saturated rings. The number of aromatic nitrogens is 1. The molecule has 1 aliphatic heterocycles. The number of carbonyl (C=O) groups is 1. The molecule has 1 aromatic rings. The van der Waals surface area contributed by atoms with E-state index in [2.05, 4.69) is 10.5 Å². The number of carbonyl (C=O) groups excluding carboxylic acids is 1. The SMILES string of the molecule is CN(C[C@@H]1COCCO1)C(C)(C)C(=O)Nc1cc(C(C)(C)CO)no1. The highest BCUT2D eigenvalue weighted by atomic mass is 16.6. The molecule has 1 saturated heterocycles. The number of amides is 1. The third-order valence-corrected chi connectivity index (χ3v) is 4.71. The minimum absolute atomic E-state index is 0.0481. The average Bonchev–Trinajstić information content (AvgIpc) is 3.05. The third-order valence-electron chi connectivity index (χ3n) is 4.71. The number of ether oxygens (including phenoxy) is 2. The first-order valence-corrected chi connectivity index (χ1v) is 8.47. The first kappa shape index (κ1) is 19.8. The third kappa shape index (κ3) is 4.78. The Morgan fingerprint density at radius 1 is 1.40 bits per heavy atom. The first-order valence-electron chi connectivity index (χ1n) is 8.47. The molecule has 0 bridgehead atoms. The van der Waals surface area contributed by atoms with Gasteiger partial charge in [-0.1, -0.05) is 19.0 Å². The number of anilines is 1. The Kier molecular flexibility index (Phi) is 6.21. The molecule has 1 amide bonds. The Bertz CT molecular complexity index is 579. The van der Waals surface area contributed by atoms with Crippen LogP contribution in [0.5, 0.6) is 0 Å². The molecule has 1 atom stereocenters. The van der Waals surface area contributed by atoms with Crippen LogP contribution in [0.1, 0.15) is 33.4 Å². The topological polar surface area (TPSA) is 97.1 Å². The summed E-state index contributed by atoms with van der Waals surface area (Å²) in [6, 6.07) is 1.64. The maximum absolute atomic E-state index is 12.7. The van der Waals surface area contributed by atoms with Gasteiger partial charge in [0.25, 0.3) is 0 Å². The lowest BCUT2D eigenvalue weighted by molar-refractivity contribution is -0.130. The molecule has 8 heteroatoms. The van der Waals surface area contributed by atoms with E-state index >= 15 is 0 Å². The van der Waals surface area contributed by atoms with E-state index in [1.54, 1.807) is 6.07 Å². The van der Waals surface area contributed by atoms with Crippen LogP contribution in [0.4, 0.5) is 5.88 Å². The van der Waals surface area contributed by atoms with E-state index in [0.717, 1.165) is 0 Å². The highest BCUT2D eigenvalue weighted by Crippen LogP contribution is 2.25. The number of aliphatic hydroxyl groups excluding tert-OH is 1. The van der Waals surface area contributed by atoms with Gasteiger partial charge in [-0.05, 0) is 20.9 Å². The van der Waals surface area contributed by atoms with Crippen LogP contribution in [-0.2, 0) is 19.7 Å². The van der Waals surface area contributed by atoms with E-state index < -0.39 is 11.0 Å². The fraction of sp³-hybridized carbons (Fsp3) is 0.765. The number of hydrogen-bond acceptors (Lipinski definition) is 7. The quantitative estimate of drug-likeness (QED) is 0.753. The summed E-state index contributed by atoms with van der Waals surface area (Å²) in [5, 5.41) is 16.1. The van der Waals surface area contributed by atoms with E-state index in [0.29, 0.717) is 32.1 Å². The second-order valence-electron chi connectivity index (χ2n) is 7.58. The number of nitrogens with one attached hydrogen (secondary N) is 1. The lowest BCUT2D eigenvalue weighted by Gasteiger charge is -2.36. The molecular weight excluding hydrogens is 326 g/mol. The Balaban J connectivity index is 1.98. The van der Waals surface area contributed by atoms with Crippen LogP contribution in [0.25, 0.3) is 0 Å². The lowest BCUT2D eigenvalue weighted by Crippen LogP contribution is -2.54. The van der Waals surface area contributed by atoms with Crippen LogP contribution in [0.3, 0.4) is 0 Å². The summed E-state index contributed by atoms with van der Waals surface area (Å²) in [6.07, 6.45) is -0.0481. The van der Waals surface area contributed by atoms with Gasteiger partial charge in [-0.2, -0.15) is 0 Å². The van der Waals surface area contributed by atoms with Gasteiger partial charge >= 0.3 is 0 Å². The lowest BCUT2D eigenvalue weighted by atomic mass is 9.91. The molecule has 0 aliphatic carbocycles. The fourth-order valence-corrected chi connectivity index (χ4v) is 2.35. The Hall–Kier alpha value is -1.48. The number of likely N-dealkylation sites (N-methyl/N-ethyl adjacent to an activating group) is 1. The Morgan fingerprint density at radius 2 is 2.12 bits per heavy atom. The number of hydrogen-bond donors (Lipinski definition) is 2. The molecule has 8 nitrogen and oxygen atoms in total. The summed E-state index contributed by atoms with van der Waals surface area (Å²) in [4.78, 5) is 14.6. The van der Waals surface area contributed by atoms with Crippen LogP contribution in [-0.4, -0.2) is 72.7 Å². The number of rotatable bonds is 7. The largest absolute Gasteiger partial charge is 0.395 e. The summed E-state index contributed by atoms with van der Waals surface area (Å²) < 4.78 is 16.2. The van der Waals surface area contributed by atoms with Gasteiger partial charge in [-0.3, -0.25) is 15.0 Å². The van der Waals surface area contributed by atoms with Crippen LogP contribution in [0.2, 0.25) is 0 Å². The molecule has 2 rings (SSSR count). The van der Waals surface area contributed by atoms with Crippen molar-refractivity contribution in [1.82, 2.24) is 10.1 Å². The summed E-state index contributed by atoms with van der Waals surface area (Å²) in [5.41, 5.74) is -0.721. The van der Waals surface area contributed by atoms with E-state index in [1.807, 2.05) is 39.6 Å². The van der Waals surface area contributed by atoms with Gasteiger partial charge in [0.1, 0.15) is 0 Å². The van der Waals surface area contributed by atoms with Gasteiger partial charge in [-0.15, -0.1) is 0 Å². The predicted octanol–water partition coefficient (Wildman–Crippen LogP) is 1.01. The second-order valence-corrected chi connectivity index (χ2v) is 7.58. The minimum atomic E-state index is -0.778. The Labute approximate surface area is 148 Å². The van der Waals surface area contributed by atoms with Crippen molar-refractivity contribution in [3.8, 4) is 0 Å². The highest BCUT2D eigenvalue weighted by Gasteiger charge is 2.35. The maximum Gasteiger partial charge on any atom is 0.246 e. The second kappa shape index (κ2) is 7.82. The van der Waals surface area contributed by atoms with Gasteiger partial charge in [0.2, 0.25) is 11.8 Å². The van der Waals surface area contributed by atoms with Crippen molar-refractivity contribution in [3.05, 3.63) is 11.8 Å². The van der Waals surface area contributed by atoms with Gasteiger partial charge in [-0.25, -0.2) is 0 Å². The van der Waals surface area contributed by atoms with Gasteiger partial charge < -0.3 is 19.1 Å². The molecule has 2 heterocycles. The van der Waals surface area contributed by atoms with E-state index in [-0.39, 0.29) is 24.5 Å². The summed E-state index contributed by atoms with van der Waals surface area (Å²) in [6.45, 7) is 9.60. The van der Waals surface area contributed by atoms with Crippen LogP contribution in [0.15, 0.2) is 10.6 Å². The molecule has 2 N–H and O–H groups in total. The van der Waals surface area contributed by atoms with Crippen molar-refractivity contribution in [2.24, 2.45) is 0 Å². The molecular formula is C17H29N3O5. The van der Waals surface area contributed by atoms with Crippen molar-refractivity contribution in [2.45, 2.75) is 44.8 Å². The smallest absolute Gasteiger partial charge is 0.246 e. The van der Waals surface area contributed by atoms with Gasteiger partial charge in [0, 0.05) is 18.0 Å². The van der Waals surface area contributed by atoms with Crippen LogP contribution < -0.4 is 5.32 Å². The number of aliphatic hydroxyl groups is 1. The normalized spacial score (nSPS) is 19.2. The molecule has 1 aliphatic rings. The average molecular weight is 355 g/mol. The summed E-state index contributed by atoms with van der Waals surface area (Å²) >= 11 is 0. The summed E-state index contributed by atoms with van der Waals surface area (Å²) in [7, 11) is 1.87. The molecule has 25 heavy (non-hydrogen) atoms. The predicted molar refractivity (Wildman–Crippen MR) is 92.5 cm³/mol. The van der Waals surface area contributed by atoms with Crippen molar-refractivity contribution < 1.29 is 23.9 Å². The van der Waals surface area contributed by atoms with E-state index in [9.17, 15) is 9.90 Å². The monoisotopic (exact) mass is 355 g/mol. The highest BCUT2D eigenvalue weighted by molar-refractivity contribution is 5.96. The zero-order chi connectivity index (χ0) is 18.7. The van der Waals surface area contributed by atoms with Crippen molar-refractivity contribution in [3.63, 3.8) is 0 Å². The van der Waals surface area contributed by atoms with Gasteiger partial charge in [0.05, 0.1) is 43.8 Å². The molecule has 1 aromatic heterocycles. The fourth-order valence-electron chi connectivity index (χ4n) is 2.35. The zero-order valence-electron chi connectivity index (χ0n) is 15.7. The molecule has 0 spiro atoms. The van der Waals surface area contributed by atoms with Crippen LogP contribution in [0, 0.1) is 0 Å². The van der Waals surface area contributed by atoms with Crippen molar-refractivity contribution in [1.29, 1.82) is 0 Å². The zero-order valence-corrected chi connectivity index (χ0v) is 15.7. The molecule has 142 valence electrons. The number of nitrogens with zero attached hydrogens (tertiary/aromatic N) is 2. The standard InChI is InChI=1S/C17H29N3O5/c1-16(2,11-21)13-8-14(25-19-13)18-15(22)17(3,4)20(5)9-12-10-23-6-7-24-12/h8,12,21H,6-7,9-11H2,1-5H3,(H,18,22)/t12-/m1/s1. The molecule has 0 radical (unpaired) electrons.